The summed E-state index contributed by atoms with van der Waals surface area (Å²) in [6, 6.07) is 3.64. The molecule has 17 heavy (non-hydrogen) atoms. The first kappa shape index (κ1) is 13.6. The molecule has 1 aromatic rings. The Bertz CT molecular complexity index is 396. The zero-order valence-electron chi connectivity index (χ0n) is 10.00. The Balaban J connectivity index is 2.86. The van der Waals surface area contributed by atoms with E-state index in [1.807, 2.05) is 0 Å². The highest BCUT2D eigenvalue weighted by molar-refractivity contribution is 5.81. The zero-order chi connectivity index (χ0) is 12.8. The lowest BCUT2D eigenvalue weighted by molar-refractivity contribution is -0.120. The van der Waals surface area contributed by atoms with Crippen molar-refractivity contribution >= 4 is 5.91 Å². The van der Waals surface area contributed by atoms with Crippen molar-refractivity contribution in [1.29, 1.82) is 0 Å². The predicted octanol–water partition coefficient (Wildman–Crippen LogP) is 0.897. The lowest BCUT2D eigenvalue weighted by Gasteiger charge is -2.17. The minimum absolute atomic E-state index is 0.327. The highest BCUT2D eigenvalue weighted by atomic mass is 19.1. The summed E-state index contributed by atoms with van der Waals surface area (Å²) in [6.45, 7) is 2.72. The number of aryl methyl sites for hydroxylation is 1. The molecule has 0 saturated heterocycles. The van der Waals surface area contributed by atoms with Gasteiger partial charge in [-0.15, -0.1) is 0 Å². The third-order valence-electron chi connectivity index (χ3n) is 2.48. The highest BCUT2D eigenvalue weighted by Crippen LogP contribution is 2.18. The largest absolute Gasteiger partial charge is 0.383 e. The molecule has 1 rings (SSSR count). The fourth-order valence-electron chi connectivity index (χ4n) is 1.63. The van der Waals surface area contributed by atoms with Crippen molar-refractivity contribution in [2.45, 2.75) is 13.0 Å². The van der Waals surface area contributed by atoms with Crippen LogP contribution in [0.25, 0.3) is 0 Å². The Morgan fingerprint density at radius 1 is 1.59 bits per heavy atom. The van der Waals surface area contributed by atoms with Gasteiger partial charge in [0.1, 0.15) is 11.9 Å². The van der Waals surface area contributed by atoms with Crippen LogP contribution in [0.3, 0.4) is 0 Å². The fourth-order valence-corrected chi connectivity index (χ4v) is 1.63. The number of benzene rings is 1. The van der Waals surface area contributed by atoms with Crippen molar-refractivity contribution in [1.82, 2.24) is 5.32 Å². The Hall–Kier alpha value is -1.46. The van der Waals surface area contributed by atoms with Gasteiger partial charge in [-0.3, -0.25) is 10.1 Å². The van der Waals surface area contributed by atoms with Crippen LogP contribution in [-0.4, -0.2) is 26.2 Å². The topological polar surface area (TPSA) is 64.3 Å². The summed E-state index contributed by atoms with van der Waals surface area (Å²) in [6.07, 6.45) is 0. The maximum absolute atomic E-state index is 13.0. The van der Waals surface area contributed by atoms with E-state index in [9.17, 15) is 9.18 Å². The maximum Gasteiger partial charge on any atom is 0.239 e. The van der Waals surface area contributed by atoms with E-state index in [1.165, 1.54) is 12.1 Å². The number of amides is 1. The van der Waals surface area contributed by atoms with Crippen LogP contribution < -0.4 is 11.1 Å². The summed E-state index contributed by atoms with van der Waals surface area (Å²) in [5, 5.41) is 2.97. The zero-order valence-corrected chi connectivity index (χ0v) is 10.00. The van der Waals surface area contributed by atoms with Gasteiger partial charge in [-0.2, -0.15) is 0 Å². The molecule has 0 saturated carbocycles. The van der Waals surface area contributed by atoms with Crippen molar-refractivity contribution in [2.75, 3.05) is 20.3 Å². The molecule has 0 radical (unpaired) electrons. The average molecular weight is 240 g/mol. The van der Waals surface area contributed by atoms with E-state index in [0.717, 1.165) is 0 Å². The summed E-state index contributed by atoms with van der Waals surface area (Å²) in [4.78, 5) is 11.4. The molecular formula is C12H17FN2O2. The Morgan fingerprint density at radius 3 is 2.82 bits per heavy atom. The second kappa shape index (κ2) is 6.32. The molecule has 1 aromatic carbocycles. The second-order valence-electron chi connectivity index (χ2n) is 3.78. The molecule has 0 aliphatic heterocycles. The standard InChI is InChI=1S/C12H17FN2O2/c1-8-7-9(13)3-4-10(8)11(12(14)16)15-5-6-17-2/h3-4,7,11,15H,5-6H2,1-2H3,(H2,14,16). The van der Waals surface area contributed by atoms with Crippen LogP contribution in [0, 0.1) is 12.7 Å². The number of nitrogens with one attached hydrogen (secondary N) is 1. The summed E-state index contributed by atoms with van der Waals surface area (Å²) in [5.74, 6) is -0.817. The molecule has 0 bridgehead atoms. The van der Waals surface area contributed by atoms with Gasteiger partial charge < -0.3 is 10.5 Å². The van der Waals surface area contributed by atoms with Gasteiger partial charge in [0, 0.05) is 13.7 Å². The Labute approximate surface area is 100.0 Å². The SMILES string of the molecule is COCCNC(C(N)=O)c1ccc(F)cc1C. The first-order chi connectivity index (χ1) is 8.06. The predicted molar refractivity (Wildman–Crippen MR) is 63.0 cm³/mol. The lowest BCUT2D eigenvalue weighted by atomic mass is 10.0. The van der Waals surface area contributed by atoms with E-state index in [0.29, 0.717) is 24.3 Å². The molecule has 0 aliphatic carbocycles. The van der Waals surface area contributed by atoms with Crippen molar-refractivity contribution in [3.8, 4) is 0 Å². The average Bonchev–Trinajstić information content (AvgIpc) is 2.25. The van der Waals surface area contributed by atoms with E-state index < -0.39 is 11.9 Å². The number of carbonyl (C=O) groups excluding carboxylic acids is 1. The molecular weight excluding hydrogens is 223 g/mol. The van der Waals surface area contributed by atoms with Gasteiger partial charge in [-0.25, -0.2) is 4.39 Å². The molecule has 1 amide bonds. The third-order valence-corrected chi connectivity index (χ3v) is 2.48. The molecule has 0 heterocycles. The van der Waals surface area contributed by atoms with Crippen molar-refractivity contribution < 1.29 is 13.9 Å². The molecule has 0 aliphatic rings. The molecule has 0 spiro atoms. The second-order valence-corrected chi connectivity index (χ2v) is 3.78. The molecule has 4 nitrogen and oxygen atoms in total. The number of nitrogens with two attached hydrogens (primary N) is 1. The summed E-state index contributed by atoms with van der Waals surface area (Å²) >= 11 is 0. The van der Waals surface area contributed by atoms with Gasteiger partial charge in [0.05, 0.1) is 6.61 Å². The van der Waals surface area contributed by atoms with Crippen LogP contribution >= 0.6 is 0 Å². The molecule has 0 fully saturated rings. The monoisotopic (exact) mass is 240 g/mol. The van der Waals surface area contributed by atoms with Crippen molar-refractivity contribution in [2.24, 2.45) is 5.73 Å². The number of carbonyl (C=O) groups is 1. The first-order valence-corrected chi connectivity index (χ1v) is 5.34. The van der Waals surface area contributed by atoms with Gasteiger partial charge in [0.15, 0.2) is 0 Å². The summed E-state index contributed by atoms with van der Waals surface area (Å²) in [5.41, 5.74) is 6.70. The van der Waals surface area contributed by atoms with Gasteiger partial charge in [-0.05, 0) is 30.2 Å². The number of primary amides is 1. The molecule has 1 unspecified atom stereocenters. The maximum atomic E-state index is 13.0. The first-order valence-electron chi connectivity index (χ1n) is 5.34. The molecule has 5 heteroatoms. The van der Waals surface area contributed by atoms with Crippen LogP contribution in [0.4, 0.5) is 4.39 Å². The van der Waals surface area contributed by atoms with Crippen LogP contribution in [-0.2, 0) is 9.53 Å². The number of hydrogen-bond donors (Lipinski definition) is 2. The molecule has 3 N–H and O–H groups in total. The van der Waals surface area contributed by atoms with Gasteiger partial charge in [-0.1, -0.05) is 6.07 Å². The molecule has 94 valence electrons. The number of halogens is 1. The van der Waals surface area contributed by atoms with Crippen LogP contribution in [0.5, 0.6) is 0 Å². The Kier molecular flexibility index (Phi) is 5.06. The van der Waals surface area contributed by atoms with Gasteiger partial charge in [0.2, 0.25) is 5.91 Å². The number of methoxy groups -OCH3 is 1. The van der Waals surface area contributed by atoms with Crippen LogP contribution in [0.2, 0.25) is 0 Å². The fraction of sp³-hybridized carbons (Fsp3) is 0.417. The quantitative estimate of drug-likeness (QED) is 0.726. The third kappa shape index (κ3) is 3.80. The number of rotatable bonds is 6. The van der Waals surface area contributed by atoms with E-state index in [1.54, 1.807) is 20.1 Å². The number of ether oxygens (including phenoxy) is 1. The van der Waals surface area contributed by atoms with E-state index in [2.05, 4.69) is 5.32 Å². The summed E-state index contributed by atoms with van der Waals surface area (Å²) in [7, 11) is 1.57. The smallest absolute Gasteiger partial charge is 0.239 e. The van der Waals surface area contributed by atoms with Gasteiger partial charge >= 0.3 is 0 Å². The lowest BCUT2D eigenvalue weighted by Crippen LogP contribution is -2.35. The summed E-state index contributed by atoms with van der Waals surface area (Å²) < 4.78 is 17.8. The van der Waals surface area contributed by atoms with Crippen molar-refractivity contribution in [3.63, 3.8) is 0 Å². The molecule has 0 aromatic heterocycles. The van der Waals surface area contributed by atoms with Crippen molar-refractivity contribution in [3.05, 3.63) is 35.1 Å². The molecule has 1 atom stereocenters. The highest BCUT2D eigenvalue weighted by Gasteiger charge is 2.18. The van der Waals surface area contributed by atoms with E-state index in [4.69, 9.17) is 10.5 Å². The van der Waals surface area contributed by atoms with E-state index in [-0.39, 0.29) is 5.82 Å². The van der Waals surface area contributed by atoms with Crippen LogP contribution in [0.1, 0.15) is 17.2 Å². The van der Waals surface area contributed by atoms with Crippen LogP contribution in [0.15, 0.2) is 18.2 Å². The minimum atomic E-state index is -0.620. The minimum Gasteiger partial charge on any atom is -0.383 e. The normalized spacial score (nSPS) is 12.4. The van der Waals surface area contributed by atoms with E-state index >= 15 is 0 Å². The van der Waals surface area contributed by atoms with Gasteiger partial charge in [0.25, 0.3) is 0 Å². The Morgan fingerprint density at radius 2 is 2.29 bits per heavy atom. The number of hydrogen-bond acceptors (Lipinski definition) is 3.